The molecule has 0 heterocycles. The molecule has 1 atom stereocenters. The zero-order chi connectivity index (χ0) is 18.2. The monoisotopic (exact) mass is 401 g/mol. The third-order valence-electron chi connectivity index (χ3n) is 1.88. The Labute approximate surface area is 122 Å². The molecule has 1 N–H and O–H groups in total. The second-order valence-electron chi connectivity index (χ2n) is 3.47. The molecule has 17 heteroatoms. The SMILES string of the molecule is CCN(C)S(=O)(=NS(=O)(=O)C(F)(F)F)NS(=O)(=O)C(F)(F)F. The van der Waals surface area contributed by atoms with Gasteiger partial charge in [0.2, 0.25) is 10.1 Å². The molecular weight excluding hydrogens is 392 g/mol. The van der Waals surface area contributed by atoms with Crippen LogP contribution in [0.1, 0.15) is 6.92 Å². The lowest BCUT2D eigenvalue weighted by Crippen LogP contribution is -2.47. The van der Waals surface area contributed by atoms with Gasteiger partial charge in [-0.25, -0.2) is 16.9 Å². The van der Waals surface area contributed by atoms with E-state index in [1.807, 2.05) is 0 Å². The molecule has 134 valence electrons. The van der Waals surface area contributed by atoms with E-state index in [4.69, 9.17) is 0 Å². The highest BCUT2D eigenvalue weighted by Gasteiger charge is 2.51. The number of rotatable bonds is 5. The maximum atomic E-state index is 12.2. The van der Waals surface area contributed by atoms with Crippen molar-refractivity contribution in [1.82, 2.24) is 8.43 Å². The van der Waals surface area contributed by atoms with Gasteiger partial charge in [0, 0.05) is 13.6 Å². The Morgan fingerprint density at radius 2 is 1.36 bits per heavy atom. The quantitative estimate of drug-likeness (QED) is 0.675. The van der Waals surface area contributed by atoms with Crippen LogP contribution in [0.25, 0.3) is 0 Å². The number of halogens is 6. The zero-order valence-electron chi connectivity index (χ0n) is 10.6. The summed E-state index contributed by atoms with van der Waals surface area (Å²) in [7, 11) is -17.6. The van der Waals surface area contributed by atoms with Crippen molar-refractivity contribution in [2.24, 2.45) is 3.77 Å². The summed E-state index contributed by atoms with van der Waals surface area (Å²) in [6.07, 6.45) is 0. The Hall–Kier alpha value is -0.650. The van der Waals surface area contributed by atoms with E-state index in [0.29, 0.717) is 11.2 Å². The number of nitrogens with one attached hydrogen (secondary N) is 1. The van der Waals surface area contributed by atoms with Crippen LogP contribution in [-0.2, 0) is 30.1 Å². The molecule has 0 saturated heterocycles. The van der Waals surface area contributed by atoms with Gasteiger partial charge >= 0.3 is 31.1 Å². The van der Waals surface area contributed by atoms with Crippen molar-refractivity contribution in [3.63, 3.8) is 0 Å². The molecule has 0 aromatic heterocycles. The maximum absolute atomic E-state index is 12.2. The van der Waals surface area contributed by atoms with Crippen molar-refractivity contribution in [1.29, 1.82) is 0 Å². The third kappa shape index (κ3) is 4.67. The highest BCUT2D eigenvalue weighted by molar-refractivity contribution is 8.08. The summed E-state index contributed by atoms with van der Waals surface area (Å²) >= 11 is 0. The molecule has 0 radical (unpaired) electrons. The summed E-state index contributed by atoms with van der Waals surface area (Å²) in [4.78, 5) is 0. The lowest BCUT2D eigenvalue weighted by atomic mass is 10.8. The van der Waals surface area contributed by atoms with Gasteiger partial charge in [0.1, 0.15) is 0 Å². The topological polar surface area (TPSA) is 113 Å². The summed E-state index contributed by atoms with van der Waals surface area (Å²) in [6, 6.07) is 0. The molecule has 0 aromatic rings. The predicted molar refractivity (Wildman–Crippen MR) is 62.0 cm³/mol. The molecule has 0 saturated carbocycles. The van der Waals surface area contributed by atoms with Crippen LogP contribution >= 0.6 is 0 Å². The second kappa shape index (κ2) is 6.10. The van der Waals surface area contributed by atoms with Crippen LogP contribution in [0.3, 0.4) is 0 Å². The molecular formula is C5H9F6N3O5S3. The van der Waals surface area contributed by atoms with Crippen molar-refractivity contribution in [3.8, 4) is 0 Å². The van der Waals surface area contributed by atoms with Gasteiger partial charge in [-0.15, -0.1) is 4.13 Å². The molecule has 0 bridgehead atoms. The van der Waals surface area contributed by atoms with E-state index in [2.05, 4.69) is 0 Å². The first-order valence-corrected chi connectivity index (χ1v) is 9.20. The second-order valence-corrected chi connectivity index (χ2v) is 9.23. The Kier molecular flexibility index (Phi) is 5.92. The van der Waals surface area contributed by atoms with Crippen LogP contribution in [0.5, 0.6) is 0 Å². The number of alkyl halides is 6. The summed E-state index contributed by atoms with van der Waals surface area (Å²) < 4.78 is 131. The lowest BCUT2D eigenvalue weighted by molar-refractivity contribution is -0.0442. The molecule has 22 heavy (non-hydrogen) atoms. The van der Waals surface area contributed by atoms with Gasteiger partial charge in [-0.2, -0.15) is 34.8 Å². The Morgan fingerprint density at radius 3 is 1.64 bits per heavy atom. The molecule has 0 fully saturated rings. The molecule has 0 rings (SSSR count). The fourth-order valence-corrected chi connectivity index (χ4v) is 5.31. The van der Waals surface area contributed by atoms with Crippen LogP contribution < -0.4 is 4.13 Å². The van der Waals surface area contributed by atoms with Crippen molar-refractivity contribution >= 4 is 30.1 Å². The maximum Gasteiger partial charge on any atom is 0.519 e. The minimum Gasteiger partial charge on any atom is -0.215 e. The van der Waals surface area contributed by atoms with Crippen molar-refractivity contribution in [2.45, 2.75) is 17.9 Å². The van der Waals surface area contributed by atoms with Crippen LogP contribution in [-0.4, -0.2) is 50.0 Å². The van der Waals surface area contributed by atoms with E-state index in [0.717, 1.165) is 6.92 Å². The predicted octanol–water partition coefficient (Wildman–Crippen LogP) is 0.525. The van der Waals surface area contributed by atoms with Gasteiger partial charge in [-0.1, -0.05) is 10.7 Å². The lowest BCUT2D eigenvalue weighted by Gasteiger charge is -2.21. The number of hydrogen-bond acceptors (Lipinski definition) is 5. The standard InChI is InChI=1S/C5H9F6N3O5S3/c1-3-14(2)22(19,12-20(15,16)4(6,7)8)13-21(17,18)5(9,10)11/h3H2,1-2H3,(H,12,13,19). The summed E-state index contributed by atoms with van der Waals surface area (Å²) in [5.41, 5.74) is -12.1. The van der Waals surface area contributed by atoms with Gasteiger partial charge in [-0.05, 0) is 0 Å². The molecule has 0 aliphatic heterocycles. The minimum atomic E-state index is -6.51. The van der Waals surface area contributed by atoms with Gasteiger partial charge in [0.15, 0.2) is 0 Å². The van der Waals surface area contributed by atoms with E-state index in [1.54, 1.807) is 3.77 Å². The third-order valence-corrected chi connectivity index (χ3v) is 7.52. The fourth-order valence-electron chi connectivity index (χ4n) is 0.676. The number of sulfonamides is 2. The molecule has 8 nitrogen and oxygen atoms in total. The van der Waals surface area contributed by atoms with Crippen LogP contribution in [0.2, 0.25) is 0 Å². The first-order chi connectivity index (χ1) is 9.40. The molecule has 0 amide bonds. The summed E-state index contributed by atoms with van der Waals surface area (Å²) in [5, 5.41) is 0. The fraction of sp³-hybridized carbons (Fsp3) is 1.00. The largest absolute Gasteiger partial charge is 0.519 e. The Balaban J connectivity index is 6.36. The van der Waals surface area contributed by atoms with E-state index in [1.165, 1.54) is 0 Å². The van der Waals surface area contributed by atoms with Gasteiger partial charge < -0.3 is 0 Å². The van der Waals surface area contributed by atoms with Crippen molar-refractivity contribution in [2.75, 3.05) is 13.6 Å². The molecule has 0 aromatic carbocycles. The van der Waals surface area contributed by atoms with E-state index >= 15 is 0 Å². The smallest absolute Gasteiger partial charge is 0.215 e. The van der Waals surface area contributed by atoms with Crippen molar-refractivity contribution < 1.29 is 47.4 Å². The van der Waals surface area contributed by atoms with E-state index in [9.17, 15) is 47.4 Å². The molecule has 0 spiro atoms. The zero-order valence-corrected chi connectivity index (χ0v) is 13.1. The van der Waals surface area contributed by atoms with Crippen molar-refractivity contribution in [3.05, 3.63) is 0 Å². The van der Waals surface area contributed by atoms with Gasteiger partial charge in [0.25, 0.3) is 0 Å². The van der Waals surface area contributed by atoms with Crippen LogP contribution in [0, 0.1) is 0 Å². The molecule has 0 aliphatic rings. The molecule has 1 unspecified atom stereocenters. The Bertz CT molecular complexity index is 729. The highest BCUT2D eigenvalue weighted by Crippen LogP contribution is 2.27. The average Bonchev–Trinajstić information content (AvgIpc) is 2.22. The minimum absolute atomic E-state index is 0.0690. The first-order valence-electron chi connectivity index (χ1n) is 4.80. The van der Waals surface area contributed by atoms with Crippen LogP contribution in [0.15, 0.2) is 3.77 Å². The van der Waals surface area contributed by atoms with E-state index in [-0.39, 0.29) is 4.31 Å². The average molecular weight is 401 g/mol. The normalized spacial score (nSPS) is 17.3. The van der Waals surface area contributed by atoms with Crippen LogP contribution in [0.4, 0.5) is 26.3 Å². The summed E-state index contributed by atoms with van der Waals surface area (Å²) in [5.74, 6) is 0. The van der Waals surface area contributed by atoms with E-state index < -0.39 is 47.7 Å². The summed E-state index contributed by atoms with van der Waals surface area (Å²) in [6.45, 7) is 0.466. The van der Waals surface area contributed by atoms with Gasteiger partial charge in [0.05, 0.1) is 0 Å². The number of nitrogens with zero attached hydrogens (tertiary/aromatic N) is 2. The number of hydrogen-bond donors (Lipinski definition) is 1. The first kappa shape index (κ1) is 21.4. The Morgan fingerprint density at radius 1 is 0.955 bits per heavy atom. The molecule has 0 aliphatic carbocycles. The van der Waals surface area contributed by atoms with Gasteiger partial charge in [-0.3, -0.25) is 0 Å². The highest BCUT2D eigenvalue weighted by atomic mass is 32.3.